The van der Waals surface area contributed by atoms with E-state index < -0.39 is 30.4 Å². The zero-order valence-electron chi connectivity index (χ0n) is 23.3. The zero-order valence-corrected chi connectivity index (χ0v) is 23.3. The average molecular weight is 598 g/mol. The van der Waals surface area contributed by atoms with Gasteiger partial charge in [-0.15, -0.1) is 5.10 Å². The molecule has 14 heteroatoms. The molecule has 9 nitrogen and oxygen atoms in total. The third-order valence-corrected chi connectivity index (χ3v) is 8.49. The van der Waals surface area contributed by atoms with Crippen molar-refractivity contribution in [2.45, 2.75) is 101 Å². The number of pyridine rings is 1. The maximum atomic E-state index is 14.1. The van der Waals surface area contributed by atoms with E-state index in [0.717, 1.165) is 38.3 Å². The van der Waals surface area contributed by atoms with Crippen LogP contribution in [-0.4, -0.2) is 74.6 Å². The summed E-state index contributed by atoms with van der Waals surface area (Å²) in [5.41, 5.74) is -1.36. The molecule has 0 spiro atoms. The van der Waals surface area contributed by atoms with Gasteiger partial charge in [0.15, 0.2) is 11.5 Å². The number of nitrogens with zero attached hydrogens (tertiary/aromatic N) is 6. The standard InChI is InChI=1S/C28H36F5N7O2/c29-27(30)12-5-14-38(17-27)15-11-21(16-23(42)35-19-6-3-7-19)39(18-41)26-36-25(40(37-26)20-8-1-2-9-20)22-10-4-13-34-24(22)28(31,32)33/h4,10,13,18-21H,1-3,5-9,11-12,14-17H2,(H,35,42)/t21-/m0/s1. The van der Waals surface area contributed by atoms with Gasteiger partial charge < -0.3 is 5.32 Å². The van der Waals surface area contributed by atoms with E-state index in [2.05, 4.69) is 20.4 Å². The maximum Gasteiger partial charge on any atom is 0.434 e. The molecule has 0 radical (unpaired) electrons. The van der Waals surface area contributed by atoms with Crippen LogP contribution >= 0.6 is 0 Å². The number of hydrogen-bond acceptors (Lipinski definition) is 6. The Morgan fingerprint density at radius 2 is 1.93 bits per heavy atom. The number of hydrogen-bond donors (Lipinski definition) is 1. The third kappa shape index (κ3) is 7.07. The first-order chi connectivity index (χ1) is 20.0. The molecule has 1 atom stereocenters. The van der Waals surface area contributed by atoms with Gasteiger partial charge in [0.25, 0.3) is 11.9 Å². The van der Waals surface area contributed by atoms with Crippen LogP contribution in [0.25, 0.3) is 11.4 Å². The van der Waals surface area contributed by atoms with Crippen LogP contribution in [0.4, 0.5) is 27.9 Å². The number of piperidine rings is 1. The lowest BCUT2D eigenvalue weighted by atomic mass is 9.93. The largest absolute Gasteiger partial charge is 0.434 e. The predicted octanol–water partition coefficient (Wildman–Crippen LogP) is 4.99. The van der Waals surface area contributed by atoms with Crippen molar-refractivity contribution in [2.24, 2.45) is 0 Å². The highest BCUT2D eigenvalue weighted by molar-refractivity contribution is 5.80. The Morgan fingerprint density at radius 3 is 2.57 bits per heavy atom. The minimum absolute atomic E-state index is 0.0568. The minimum atomic E-state index is -4.74. The van der Waals surface area contributed by atoms with Gasteiger partial charge in [0.2, 0.25) is 12.3 Å². The number of anilines is 1. The molecular formula is C28H36F5N7O2. The summed E-state index contributed by atoms with van der Waals surface area (Å²) in [5, 5.41) is 7.48. The molecule has 2 saturated carbocycles. The highest BCUT2D eigenvalue weighted by atomic mass is 19.4. The van der Waals surface area contributed by atoms with Crippen LogP contribution in [0, 0.1) is 0 Å². The molecule has 2 aromatic rings. The van der Waals surface area contributed by atoms with Gasteiger partial charge in [-0.05, 0) is 63.6 Å². The highest BCUT2D eigenvalue weighted by Gasteiger charge is 2.39. The third-order valence-electron chi connectivity index (χ3n) is 8.49. The van der Waals surface area contributed by atoms with Gasteiger partial charge in [-0.3, -0.25) is 24.4 Å². The quantitative estimate of drug-likeness (QED) is 0.290. The summed E-state index contributed by atoms with van der Waals surface area (Å²) in [7, 11) is 0. The second-order valence-electron chi connectivity index (χ2n) is 11.6. The van der Waals surface area contributed by atoms with Gasteiger partial charge in [-0.2, -0.15) is 18.2 Å². The fourth-order valence-corrected chi connectivity index (χ4v) is 6.08. The molecule has 3 heterocycles. The van der Waals surface area contributed by atoms with Crippen LogP contribution in [0.5, 0.6) is 0 Å². The molecule has 0 bridgehead atoms. The Kier molecular flexibility index (Phi) is 9.09. The Hall–Kier alpha value is -3.16. The van der Waals surface area contributed by atoms with E-state index in [0.29, 0.717) is 32.2 Å². The Morgan fingerprint density at radius 1 is 1.17 bits per heavy atom. The second kappa shape index (κ2) is 12.6. The lowest BCUT2D eigenvalue weighted by Crippen LogP contribution is -2.47. The topological polar surface area (TPSA) is 96.2 Å². The number of nitrogens with one attached hydrogen (secondary N) is 1. The SMILES string of the molecule is O=CN(c1nc(-c2cccnc2C(F)(F)F)n(C2CCCC2)n1)[C@@H](CCN1CCCC(F)(F)C1)CC(=O)NC1CCC1. The normalized spacial score (nSPS) is 20.7. The van der Waals surface area contributed by atoms with Crippen molar-refractivity contribution in [3.63, 3.8) is 0 Å². The number of rotatable bonds is 11. The number of alkyl halides is 5. The maximum absolute atomic E-state index is 14.1. The predicted molar refractivity (Wildman–Crippen MR) is 144 cm³/mol. The fraction of sp³-hybridized carbons (Fsp3) is 0.679. The summed E-state index contributed by atoms with van der Waals surface area (Å²) in [6.45, 7) is 0.269. The van der Waals surface area contributed by atoms with Crippen LogP contribution in [0.3, 0.4) is 0 Å². The lowest BCUT2D eigenvalue weighted by Gasteiger charge is -2.34. The Bertz CT molecular complexity index is 1240. The van der Waals surface area contributed by atoms with E-state index in [9.17, 15) is 31.5 Å². The summed E-state index contributed by atoms with van der Waals surface area (Å²) < 4.78 is 71.3. The van der Waals surface area contributed by atoms with Gasteiger partial charge in [0.05, 0.1) is 12.6 Å². The number of likely N-dealkylation sites (tertiary alicyclic amines) is 1. The zero-order chi connectivity index (χ0) is 29.9. The second-order valence-corrected chi connectivity index (χ2v) is 11.6. The number of amides is 2. The monoisotopic (exact) mass is 597 g/mol. The molecule has 0 aromatic carbocycles. The molecule has 1 saturated heterocycles. The van der Waals surface area contributed by atoms with E-state index in [1.807, 2.05) is 0 Å². The number of carbonyl (C=O) groups excluding carboxylic acids is 2. The molecule has 42 heavy (non-hydrogen) atoms. The lowest BCUT2D eigenvalue weighted by molar-refractivity contribution is -0.140. The summed E-state index contributed by atoms with van der Waals surface area (Å²) in [4.78, 5) is 36.3. The molecule has 1 aliphatic heterocycles. The van der Waals surface area contributed by atoms with Gasteiger partial charge in [-0.25, -0.2) is 13.5 Å². The Labute approximate surface area is 240 Å². The summed E-state index contributed by atoms with van der Waals surface area (Å²) in [5.74, 6) is -3.29. The molecule has 1 N–H and O–H groups in total. The first-order valence-electron chi connectivity index (χ1n) is 14.7. The molecule has 230 valence electrons. The number of carbonyl (C=O) groups is 2. The molecule has 0 unspecified atom stereocenters. The molecule has 2 amide bonds. The van der Waals surface area contributed by atoms with Gasteiger partial charge in [-0.1, -0.05) is 12.8 Å². The summed E-state index contributed by atoms with van der Waals surface area (Å²) >= 11 is 0. The minimum Gasteiger partial charge on any atom is -0.353 e. The van der Waals surface area contributed by atoms with Crippen molar-refractivity contribution < 1.29 is 31.5 Å². The van der Waals surface area contributed by atoms with E-state index in [-0.39, 0.29) is 61.1 Å². The van der Waals surface area contributed by atoms with Crippen molar-refractivity contribution >= 4 is 18.3 Å². The molecule has 3 fully saturated rings. The van der Waals surface area contributed by atoms with Crippen LogP contribution in [0.15, 0.2) is 18.3 Å². The Balaban J connectivity index is 1.47. The summed E-state index contributed by atoms with van der Waals surface area (Å²) in [6.07, 6.45) is 2.86. The smallest absolute Gasteiger partial charge is 0.353 e. The van der Waals surface area contributed by atoms with Crippen molar-refractivity contribution in [3.05, 3.63) is 24.0 Å². The highest BCUT2D eigenvalue weighted by Crippen LogP contribution is 2.39. The molecule has 5 rings (SSSR count). The van der Waals surface area contributed by atoms with E-state index in [4.69, 9.17) is 0 Å². The van der Waals surface area contributed by atoms with Crippen molar-refractivity contribution in [3.8, 4) is 11.4 Å². The first kappa shape index (κ1) is 30.3. The average Bonchev–Trinajstić information content (AvgIpc) is 3.59. The molecule has 2 aliphatic carbocycles. The van der Waals surface area contributed by atoms with E-state index in [1.54, 1.807) is 4.90 Å². The fourth-order valence-electron chi connectivity index (χ4n) is 6.08. The first-order valence-corrected chi connectivity index (χ1v) is 14.7. The number of aromatic nitrogens is 4. The van der Waals surface area contributed by atoms with Gasteiger partial charge >= 0.3 is 6.18 Å². The van der Waals surface area contributed by atoms with Crippen LogP contribution in [0.1, 0.15) is 82.4 Å². The van der Waals surface area contributed by atoms with Crippen molar-refractivity contribution in [1.82, 2.24) is 30.0 Å². The van der Waals surface area contributed by atoms with Crippen LogP contribution in [0.2, 0.25) is 0 Å². The van der Waals surface area contributed by atoms with Gasteiger partial charge in [0, 0.05) is 43.2 Å². The van der Waals surface area contributed by atoms with E-state index in [1.165, 1.54) is 21.7 Å². The molecule has 3 aliphatic rings. The summed E-state index contributed by atoms with van der Waals surface area (Å²) in [6, 6.07) is 1.72. The van der Waals surface area contributed by atoms with Gasteiger partial charge in [0.1, 0.15) is 0 Å². The number of halogens is 5. The van der Waals surface area contributed by atoms with Crippen molar-refractivity contribution in [1.29, 1.82) is 0 Å². The van der Waals surface area contributed by atoms with E-state index >= 15 is 0 Å². The van der Waals surface area contributed by atoms with Crippen molar-refractivity contribution in [2.75, 3.05) is 24.5 Å². The van der Waals surface area contributed by atoms with Crippen LogP contribution < -0.4 is 10.2 Å². The molecule has 2 aromatic heterocycles. The van der Waals surface area contributed by atoms with Crippen LogP contribution in [-0.2, 0) is 15.8 Å². The molecular weight excluding hydrogens is 561 g/mol.